The van der Waals surface area contributed by atoms with E-state index in [4.69, 9.17) is 5.73 Å². The van der Waals surface area contributed by atoms with Crippen LogP contribution in [0.4, 0.5) is 4.39 Å². The van der Waals surface area contributed by atoms with Gasteiger partial charge in [0.25, 0.3) is 0 Å². The molecule has 0 heterocycles. The van der Waals surface area contributed by atoms with Crippen LogP contribution in [0.5, 0.6) is 0 Å². The summed E-state index contributed by atoms with van der Waals surface area (Å²) < 4.78 is 16.9. The molecule has 154 valence electrons. The second-order valence-electron chi connectivity index (χ2n) is 9.80. The number of aliphatic hydroxyl groups excluding tert-OH is 1. The fourth-order valence-corrected chi connectivity index (χ4v) is 7.30. The zero-order valence-electron chi connectivity index (χ0n) is 16.7. The van der Waals surface area contributed by atoms with Gasteiger partial charge in [-0.25, -0.2) is 4.39 Å². The average molecular weight is 391 g/mol. The van der Waals surface area contributed by atoms with Crippen LogP contribution in [-0.4, -0.2) is 45.7 Å². The third-order valence-electron chi connectivity index (χ3n) is 8.83. The number of alkyl halides is 1. The summed E-state index contributed by atoms with van der Waals surface area (Å²) in [4.78, 5) is 24.5. The minimum atomic E-state index is -1.95. The third-order valence-corrected chi connectivity index (χ3v) is 8.83. The number of halogens is 1. The summed E-state index contributed by atoms with van der Waals surface area (Å²) in [6.07, 6.45) is 4.70. The highest BCUT2D eigenvalue weighted by atomic mass is 19.1. The minimum Gasteiger partial charge on any atom is -0.390 e. The number of hydrogen-bond donors (Lipinski definition) is 3. The topological polar surface area (TPSA) is 101 Å². The van der Waals surface area contributed by atoms with E-state index >= 15 is 4.39 Å². The Balaban J connectivity index is 1.84. The molecule has 4 aliphatic carbocycles. The third kappa shape index (κ3) is 2.01. The van der Waals surface area contributed by atoms with Gasteiger partial charge in [-0.2, -0.15) is 0 Å². The molecule has 5 nitrogen and oxygen atoms in total. The Morgan fingerprint density at radius 1 is 1.36 bits per heavy atom. The summed E-state index contributed by atoms with van der Waals surface area (Å²) >= 11 is 0. The molecule has 0 spiro atoms. The summed E-state index contributed by atoms with van der Waals surface area (Å²) in [5, 5.41) is 22.6. The molecule has 0 aromatic heterocycles. The van der Waals surface area contributed by atoms with Crippen molar-refractivity contribution in [3.63, 3.8) is 0 Å². The Hall–Kier alpha value is -1.37. The maximum atomic E-state index is 16.9. The number of rotatable bonds is 2. The van der Waals surface area contributed by atoms with Crippen LogP contribution in [0.2, 0.25) is 0 Å². The van der Waals surface area contributed by atoms with E-state index in [9.17, 15) is 19.8 Å². The van der Waals surface area contributed by atoms with Crippen LogP contribution in [0.15, 0.2) is 23.8 Å². The van der Waals surface area contributed by atoms with E-state index in [0.29, 0.717) is 19.3 Å². The van der Waals surface area contributed by atoms with Gasteiger partial charge in [-0.05, 0) is 56.6 Å². The number of ketones is 2. The van der Waals surface area contributed by atoms with E-state index in [1.807, 2.05) is 13.8 Å². The molecule has 0 bridgehead atoms. The molecular weight excluding hydrogens is 361 g/mol. The van der Waals surface area contributed by atoms with Gasteiger partial charge >= 0.3 is 0 Å². The first-order valence-corrected chi connectivity index (χ1v) is 10.2. The fraction of sp³-hybridized carbons (Fsp3) is 0.727. The number of aliphatic hydroxyl groups is 2. The first-order valence-electron chi connectivity index (χ1n) is 10.2. The van der Waals surface area contributed by atoms with Crippen LogP contribution in [0.1, 0.15) is 46.5 Å². The molecule has 0 aromatic carbocycles. The van der Waals surface area contributed by atoms with E-state index in [1.54, 1.807) is 13.0 Å². The smallest absolute Gasteiger partial charge is 0.178 e. The predicted octanol–water partition coefficient (Wildman–Crippen LogP) is 1.86. The van der Waals surface area contributed by atoms with E-state index in [1.165, 1.54) is 12.2 Å². The number of hydrogen-bond acceptors (Lipinski definition) is 5. The molecule has 0 radical (unpaired) electrons. The first kappa shape index (κ1) is 19.9. The summed E-state index contributed by atoms with van der Waals surface area (Å²) in [7, 11) is 0. The van der Waals surface area contributed by atoms with Gasteiger partial charge in [0.15, 0.2) is 17.2 Å². The van der Waals surface area contributed by atoms with E-state index in [-0.39, 0.29) is 30.6 Å². The van der Waals surface area contributed by atoms with Crippen LogP contribution < -0.4 is 5.73 Å². The molecule has 3 fully saturated rings. The van der Waals surface area contributed by atoms with Gasteiger partial charge in [0.1, 0.15) is 5.60 Å². The molecule has 0 aliphatic heterocycles. The van der Waals surface area contributed by atoms with Gasteiger partial charge in [0.05, 0.1) is 12.6 Å². The lowest BCUT2D eigenvalue weighted by Crippen LogP contribution is -2.69. The molecule has 0 aromatic rings. The Labute approximate surface area is 164 Å². The molecule has 4 aliphatic rings. The van der Waals surface area contributed by atoms with E-state index in [2.05, 4.69) is 0 Å². The van der Waals surface area contributed by atoms with Crippen LogP contribution in [0.25, 0.3) is 0 Å². The van der Waals surface area contributed by atoms with E-state index in [0.717, 1.165) is 5.57 Å². The number of carbonyl (C=O) groups is 2. The van der Waals surface area contributed by atoms with Crippen molar-refractivity contribution in [1.29, 1.82) is 0 Å². The molecule has 4 N–H and O–H groups in total. The number of allylic oxidation sites excluding steroid dienone is 4. The lowest BCUT2D eigenvalue weighted by molar-refractivity contribution is -0.218. The highest BCUT2D eigenvalue weighted by Gasteiger charge is 2.75. The largest absolute Gasteiger partial charge is 0.390 e. The molecule has 6 heteroatoms. The second-order valence-corrected chi connectivity index (χ2v) is 9.80. The number of carbonyl (C=O) groups excluding carboxylic acids is 2. The van der Waals surface area contributed by atoms with Crippen molar-refractivity contribution in [2.45, 2.75) is 63.8 Å². The average Bonchev–Trinajstić information content (AvgIpc) is 2.84. The van der Waals surface area contributed by atoms with Crippen molar-refractivity contribution < 1.29 is 24.2 Å². The van der Waals surface area contributed by atoms with Gasteiger partial charge in [-0.15, -0.1) is 0 Å². The standard InChI is InChI=1S/C22H30FNO4/c1-12-8-16-15-5-4-13-9-14(25)6-7-19(13,2)21(15,23)17(26)10-20(16,3)22(12,28)18(27)11-24/h6-7,9,12,15-17,26,28H,4-5,8,10-11,24H2,1-3H3. The molecule has 28 heavy (non-hydrogen) atoms. The molecule has 8 unspecified atom stereocenters. The zero-order chi connectivity index (χ0) is 20.7. The second kappa shape index (κ2) is 5.83. The van der Waals surface area contributed by atoms with Crippen LogP contribution in [0.3, 0.4) is 0 Å². The van der Waals surface area contributed by atoms with Crippen molar-refractivity contribution >= 4 is 11.6 Å². The molecule has 0 amide bonds. The van der Waals surface area contributed by atoms with Crippen LogP contribution >= 0.6 is 0 Å². The zero-order valence-corrected chi connectivity index (χ0v) is 16.7. The Morgan fingerprint density at radius 2 is 2.04 bits per heavy atom. The van der Waals surface area contributed by atoms with Gasteiger partial charge in [0.2, 0.25) is 0 Å². The predicted molar refractivity (Wildman–Crippen MR) is 102 cm³/mol. The Bertz CT molecular complexity index is 808. The molecular formula is C22H30FNO4. The van der Waals surface area contributed by atoms with Gasteiger partial charge in [0, 0.05) is 16.7 Å². The maximum Gasteiger partial charge on any atom is 0.178 e. The molecule has 8 atom stereocenters. The summed E-state index contributed by atoms with van der Waals surface area (Å²) in [6, 6.07) is 0. The van der Waals surface area contributed by atoms with Gasteiger partial charge in [-0.1, -0.05) is 25.5 Å². The molecule has 4 rings (SSSR count). The summed E-state index contributed by atoms with van der Waals surface area (Å²) in [5.74, 6) is -1.71. The number of nitrogens with two attached hydrogens (primary N) is 1. The lowest BCUT2D eigenvalue weighted by Gasteiger charge is -2.62. The van der Waals surface area contributed by atoms with Crippen molar-refractivity contribution in [3.05, 3.63) is 23.8 Å². The maximum absolute atomic E-state index is 16.9. The van der Waals surface area contributed by atoms with Crippen molar-refractivity contribution in [2.75, 3.05) is 6.54 Å². The van der Waals surface area contributed by atoms with Crippen LogP contribution in [0, 0.1) is 28.6 Å². The van der Waals surface area contributed by atoms with Crippen molar-refractivity contribution in [2.24, 2.45) is 34.3 Å². The number of Topliss-reactive ketones (excluding diaryl/α,β-unsaturated/α-hetero) is 1. The number of fused-ring (bicyclic) bond motifs is 5. The SMILES string of the molecule is CC1CC2C3CCC4=CC(=O)C=CC4(C)C3(F)C(O)CC2(C)C1(O)C(=O)CN. The quantitative estimate of drug-likeness (QED) is 0.667. The monoisotopic (exact) mass is 391 g/mol. The molecule has 0 saturated heterocycles. The molecule has 3 saturated carbocycles. The van der Waals surface area contributed by atoms with Crippen molar-refractivity contribution in [1.82, 2.24) is 0 Å². The normalized spacial score (nSPS) is 52.5. The first-order chi connectivity index (χ1) is 13.0. The Morgan fingerprint density at radius 3 is 2.68 bits per heavy atom. The summed E-state index contributed by atoms with van der Waals surface area (Å²) in [6.45, 7) is 5.11. The lowest BCUT2D eigenvalue weighted by atomic mass is 9.44. The van der Waals surface area contributed by atoms with Crippen molar-refractivity contribution in [3.8, 4) is 0 Å². The minimum absolute atomic E-state index is 0.0120. The summed E-state index contributed by atoms with van der Waals surface area (Å²) in [5.41, 5.74) is 0.711. The fourth-order valence-electron chi connectivity index (χ4n) is 7.30. The van der Waals surface area contributed by atoms with Crippen LogP contribution in [-0.2, 0) is 9.59 Å². The van der Waals surface area contributed by atoms with E-state index < -0.39 is 39.9 Å². The van der Waals surface area contributed by atoms with Gasteiger partial charge < -0.3 is 15.9 Å². The highest BCUT2D eigenvalue weighted by Crippen LogP contribution is 2.70. The van der Waals surface area contributed by atoms with Gasteiger partial charge in [-0.3, -0.25) is 9.59 Å². The Kier molecular flexibility index (Phi) is 4.15. The highest BCUT2D eigenvalue weighted by molar-refractivity contribution is 6.01.